The van der Waals surface area contributed by atoms with Crippen molar-refractivity contribution in [3.8, 4) is 5.75 Å². The number of benzene rings is 2. The number of hydrogen-bond donors (Lipinski definition) is 0. The Hall–Kier alpha value is -3.41. The number of hydrogen-bond acceptors (Lipinski definition) is 4. The summed E-state index contributed by atoms with van der Waals surface area (Å²) < 4.78 is 5.11. The maximum Gasteiger partial charge on any atom is 0.277 e. The molecule has 0 aliphatic carbocycles. The Labute approximate surface area is 150 Å². The van der Waals surface area contributed by atoms with Gasteiger partial charge in [0.05, 0.1) is 20.2 Å². The molecule has 0 radical (unpaired) electrons. The molecule has 0 spiro atoms. The highest BCUT2D eigenvalue weighted by Gasteiger charge is 2.39. The van der Waals surface area contributed by atoms with Gasteiger partial charge < -0.3 is 4.74 Å². The van der Waals surface area contributed by atoms with Crippen molar-refractivity contribution in [3.63, 3.8) is 0 Å². The van der Waals surface area contributed by atoms with E-state index in [1.165, 1.54) is 11.0 Å². The van der Waals surface area contributed by atoms with Crippen LogP contribution in [0.5, 0.6) is 5.75 Å². The van der Waals surface area contributed by atoms with Gasteiger partial charge in [-0.05, 0) is 29.3 Å². The molecular weight excluding hydrogens is 332 g/mol. The van der Waals surface area contributed by atoms with Crippen LogP contribution in [0.15, 0.2) is 60.3 Å². The maximum atomic E-state index is 12.7. The first-order valence-corrected chi connectivity index (χ1v) is 8.18. The van der Waals surface area contributed by atoms with Crippen LogP contribution in [-0.4, -0.2) is 34.6 Å². The quantitative estimate of drug-likeness (QED) is 0.794. The van der Waals surface area contributed by atoms with Crippen LogP contribution in [0.4, 0.5) is 0 Å². The maximum absolute atomic E-state index is 12.7. The molecule has 130 valence electrons. The van der Waals surface area contributed by atoms with E-state index in [9.17, 15) is 14.4 Å². The first kappa shape index (κ1) is 16.1. The molecule has 2 heterocycles. The first-order chi connectivity index (χ1) is 12.6. The highest BCUT2D eigenvalue weighted by molar-refractivity contribution is 6.18. The van der Waals surface area contributed by atoms with Crippen LogP contribution in [0.1, 0.15) is 21.5 Å². The molecular formula is C20H16N2O4. The molecule has 0 saturated carbocycles. The lowest BCUT2D eigenvalue weighted by molar-refractivity contribution is -0.138. The fraction of sp³-hybridized carbons (Fsp3) is 0.150. The average molecular weight is 348 g/mol. The van der Waals surface area contributed by atoms with Crippen molar-refractivity contribution in [2.45, 2.75) is 13.1 Å². The second-order valence-electron chi connectivity index (χ2n) is 6.16. The van der Waals surface area contributed by atoms with Crippen LogP contribution in [0.25, 0.3) is 0 Å². The summed E-state index contributed by atoms with van der Waals surface area (Å²) >= 11 is 0. The normalized spacial score (nSPS) is 16.2. The largest absolute Gasteiger partial charge is 0.497 e. The van der Waals surface area contributed by atoms with Crippen LogP contribution < -0.4 is 4.74 Å². The smallest absolute Gasteiger partial charge is 0.277 e. The zero-order chi connectivity index (χ0) is 18.3. The summed E-state index contributed by atoms with van der Waals surface area (Å²) in [5.41, 5.74) is 2.36. The molecule has 26 heavy (non-hydrogen) atoms. The third kappa shape index (κ3) is 2.56. The van der Waals surface area contributed by atoms with Gasteiger partial charge >= 0.3 is 0 Å². The molecule has 2 aromatic rings. The van der Waals surface area contributed by atoms with Crippen LogP contribution in [0.3, 0.4) is 0 Å². The topological polar surface area (TPSA) is 66.9 Å². The van der Waals surface area contributed by atoms with E-state index < -0.39 is 11.8 Å². The van der Waals surface area contributed by atoms with Crippen molar-refractivity contribution < 1.29 is 19.1 Å². The molecule has 6 nitrogen and oxygen atoms in total. The molecule has 2 aromatic carbocycles. The van der Waals surface area contributed by atoms with E-state index in [1.54, 1.807) is 43.5 Å². The number of nitrogens with zero attached hydrogens (tertiary/aromatic N) is 2. The Balaban J connectivity index is 1.54. The van der Waals surface area contributed by atoms with Crippen LogP contribution in [0.2, 0.25) is 0 Å². The number of imide groups is 1. The zero-order valence-corrected chi connectivity index (χ0v) is 14.1. The zero-order valence-electron chi connectivity index (χ0n) is 14.1. The second kappa shape index (κ2) is 6.15. The Morgan fingerprint density at radius 1 is 0.962 bits per heavy atom. The van der Waals surface area contributed by atoms with Crippen LogP contribution >= 0.6 is 0 Å². The van der Waals surface area contributed by atoms with E-state index in [4.69, 9.17) is 4.74 Å². The van der Waals surface area contributed by atoms with Gasteiger partial charge in [-0.3, -0.25) is 24.2 Å². The lowest BCUT2D eigenvalue weighted by Gasteiger charge is -2.19. The minimum atomic E-state index is -0.452. The van der Waals surface area contributed by atoms with E-state index in [-0.39, 0.29) is 18.1 Å². The van der Waals surface area contributed by atoms with Crippen molar-refractivity contribution in [1.29, 1.82) is 0 Å². The standard InChI is InChI=1S/C20H16N2O4/c1-26-15-8-6-13(7-9-15)11-22-18(23)10-17(20(22)25)21-12-14-4-2-3-5-16(14)19(21)24/h2-10H,11-12H2,1H3. The molecule has 2 aliphatic heterocycles. The second-order valence-corrected chi connectivity index (χ2v) is 6.16. The van der Waals surface area contributed by atoms with Gasteiger partial charge in [0.15, 0.2) is 0 Å². The minimum absolute atomic E-state index is 0.129. The predicted octanol–water partition coefficient (Wildman–Crippen LogP) is 2.10. The van der Waals surface area contributed by atoms with Crippen molar-refractivity contribution in [2.24, 2.45) is 0 Å². The molecule has 0 bridgehead atoms. The van der Waals surface area contributed by atoms with Gasteiger partial charge in [-0.25, -0.2) is 0 Å². The molecule has 0 saturated heterocycles. The minimum Gasteiger partial charge on any atom is -0.497 e. The summed E-state index contributed by atoms with van der Waals surface area (Å²) in [6.45, 7) is 0.451. The number of carbonyl (C=O) groups is 3. The fourth-order valence-corrected chi connectivity index (χ4v) is 3.20. The molecule has 4 rings (SSSR count). The Bertz CT molecular complexity index is 947. The highest BCUT2D eigenvalue weighted by Crippen LogP contribution is 2.29. The highest BCUT2D eigenvalue weighted by atomic mass is 16.5. The lowest BCUT2D eigenvalue weighted by atomic mass is 10.1. The summed E-state index contributed by atoms with van der Waals surface area (Å²) in [5.74, 6) is -0.414. The van der Waals surface area contributed by atoms with Gasteiger partial charge in [-0.15, -0.1) is 0 Å². The van der Waals surface area contributed by atoms with Gasteiger partial charge in [0.2, 0.25) is 0 Å². The van der Waals surface area contributed by atoms with E-state index in [0.717, 1.165) is 16.0 Å². The average Bonchev–Trinajstić information content (AvgIpc) is 3.14. The van der Waals surface area contributed by atoms with Gasteiger partial charge in [0.1, 0.15) is 11.4 Å². The number of rotatable bonds is 4. The molecule has 6 heteroatoms. The van der Waals surface area contributed by atoms with Crippen molar-refractivity contribution in [3.05, 3.63) is 77.0 Å². The summed E-state index contributed by atoms with van der Waals surface area (Å²) in [6.07, 6.45) is 1.25. The SMILES string of the molecule is COc1ccc(CN2C(=O)C=C(N3Cc4ccccc4C3=O)C2=O)cc1. The Kier molecular flexibility index (Phi) is 3.80. The molecule has 2 aliphatic rings. The lowest BCUT2D eigenvalue weighted by Crippen LogP contribution is -2.35. The van der Waals surface area contributed by atoms with Crippen LogP contribution in [-0.2, 0) is 22.7 Å². The fourth-order valence-electron chi connectivity index (χ4n) is 3.20. The molecule has 3 amide bonds. The van der Waals surface area contributed by atoms with Crippen LogP contribution in [0, 0.1) is 0 Å². The van der Waals surface area contributed by atoms with E-state index >= 15 is 0 Å². The van der Waals surface area contributed by atoms with E-state index in [1.807, 2.05) is 12.1 Å². The van der Waals surface area contributed by atoms with Gasteiger partial charge in [-0.1, -0.05) is 30.3 Å². The number of ether oxygens (including phenoxy) is 1. The summed E-state index contributed by atoms with van der Waals surface area (Å²) in [5, 5.41) is 0. The van der Waals surface area contributed by atoms with E-state index in [2.05, 4.69) is 0 Å². The third-order valence-corrected chi connectivity index (χ3v) is 4.60. The molecule has 0 fully saturated rings. The number of methoxy groups -OCH3 is 1. The summed E-state index contributed by atoms with van der Waals surface area (Å²) in [7, 11) is 1.57. The van der Waals surface area contributed by atoms with Gasteiger partial charge in [-0.2, -0.15) is 0 Å². The molecule has 0 aromatic heterocycles. The van der Waals surface area contributed by atoms with Crippen molar-refractivity contribution in [1.82, 2.24) is 9.80 Å². The monoisotopic (exact) mass is 348 g/mol. The predicted molar refractivity (Wildman–Crippen MR) is 92.9 cm³/mol. The Morgan fingerprint density at radius 2 is 1.69 bits per heavy atom. The molecule has 0 atom stereocenters. The number of amides is 3. The van der Waals surface area contributed by atoms with Gasteiger partial charge in [0.25, 0.3) is 17.7 Å². The van der Waals surface area contributed by atoms with Crippen molar-refractivity contribution in [2.75, 3.05) is 7.11 Å². The first-order valence-electron chi connectivity index (χ1n) is 8.18. The summed E-state index contributed by atoms with van der Waals surface area (Å²) in [6, 6.07) is 14.4. The van der Waals surface area contributed by atoms with E-state index in [0.29, 0.717) is 17.9 Å². The molecule has 0 unspecified atom stereocenters. The van der Waals surface area contributed by atoms with Gasteiger partial charge in [0, 0.05) is 11.6 Å². The van der Waals surface area contributed by atoms with Crippen molar-refractivity contribution >= 4 is 17.7 Å². The number of fused-ring (bicyclic) bond motifs is 1. The Morgan fingerprint density at radius 3 is 2.38 bits per heavy atom. The summed E-state index contributed by atoms with van der Waals surface area (Å²) in [4.78, 5) is 40.2. The third-order valence-electron chi connectivity index (χ3n) is 4.60. The molecule has 0 N–H and O–H groups in total. The number of carbonyl (C=O) groups excluding carboxylic acids is 3.